The van der Waals surface area contributed by atoms with Crippen molar-refractivity contribution in [2.24, 2.45) is 5.92 Å². The summed E-state index contributed by atoms with van der Waals surface area (Å²) >= 11 is 0. The summed E-state index contributed by atoms with van der Waals surface area (Å²) in [4.78, 5) is 12.8. The van der Waals surface area contributed by atoms with E-state index in [2.05, 4.69) is 36.7 Å². The zero-order valence-corrected chi connectivity index (χ0v) is 17.0. The number of amides is 1. The van der Waals surface area contributed by atoms with E-state index in [4.69, 9.17) is 4.74 Å². The van der Waals surface area contributed by atoms with Crippen molar-refractivity contribution >= 4 is 12.0 Å². The molecule has 3 rings (SSSR count). The first-order chi connectivity index (χ1) is 13.4. The molecule has 2 aromatic rings. The van der Waals surface area contributed by atoms with E-state index < -0.39 is 0 Å². The SMILES string of the molecule is Cc1cc(/C=C(\C#N)C(=O)N[C@H]2CCOc3ccccc32)c(C)n1CC(C)C. The molecule has 0 unspecified atom stereocenters. The van der Waals surface area contributed by atoms with Crippen LogP contribution in [0.2, 0.25) is 0 Å². The molecule has 1 aromatic carbocycles. The normalized spacial score (nSPS) is 16.3. The van der Waals surface area contributed by atoms with E-state index in [9.17, 15) is 10.1 Å². The molecule has 0 saturated heterocycles. The predicted octanol–water partition coefficient (Wildman–Crippen LogP) is 4.31. The van der Waals surface area contributed by atoms with Gasteiger partial charge >= 0.3 is 0 Å². The Morgan fingerprint density at radius 3 is 2.86 bits per heavy atom. The molecule has 5 heteroatoms. The van der Waals surface area contributed by atoms with Crippen molar-refractivity contribution in [3.8, 4) is 11.8 Å². The van der Waals surface area contributed by atoms with Gasteiger partial charge in [0.05, 0.1) is 12.6 Å². The van der Waals surface area contributed by atoms with E-state index in [1.807, 2.05) is 37.3 Å². The van der Waals surface area contributed by atoms with Crippen molar-refractivity contribution in [2.45, 2.75) is 46.7 Å². The van der Waals surface area contributed by atoms with Crippen LogP contribution >= 0.6 is 0 Å². The molecule has 1 aromatic heterocycles. The second-order valence-electron chi connectivity index (χ2n) is 7.70. The number of hydrogen-bond donors (Lipinski definition) is 1. The number of nitrogens with zero attached hydrogens (tertiary/aromatic N) is 2. The van der Waals surface area contributed by atoms with Gasteiger partial charge in [0, 0.05) is 29.9 Å². The predicted molar refractivity (Wildman–Crippen MR) is 110 cm³/mol. The largest absolute Gasteiger partial charge is 0.493 e. The monoisotopic (exact) mass is 377 g/mol. The molecule has 0 bridgehead atoms. The van der Waals surface area contributed by atoms with Gasteiger partial charge in [-0.3, -0.25) is 4.79 Å². The third kappa shape index (κ3) is 4.12. The van der Waals surface area contributed by atoms with E-state index in [0.29, 0.717) is 18.9 Å². The van der Waals surface area contributed by atoms with Crippen LogP contribution in [0.3, 0.4) is 0 Å². The van der Waals surface area contributed by atoms with Crippen LogP contribution in [-0.4, -0.2) is 17.1 Å². The standard InChI is InChI=1S/C23H27N3O2/c1-15(2)14-26-16(3)11-18(17(26)4)12-19(13-24)23(27)25-21-9-10-28-22-8-6-5-7-20(21)22/h5-8,11-12,15,21H,9-10,14H2,1-4H3,(H,25,27)/b19-12+/t21-/m0/s1. The average Bonchev–Trinajstić information content (AvgIpc) is 2.93. The topological polar surface area (TPSA) is 67.1 Å². The van der Waals surface area contributed by atoms with Gasteiger partial charge in [-0.25, -0.2) is 0 Å². The van der Waals surface area contributed by atoms with Gasteiger partial charge < -0.3 is 14.6 Å². The number of nitrogens with one attached hydrogen (secondary N) is 1. The molecule has 2 heterocycles. The fourth-order valence-corrected chi connectivity index (χ4v) is 3.65. The Kier molecular flexibility index (Phi) is 5.89. The van der Waals surface area contributed by atoms with Crippen molar-refractivity contribution in [1.82, 2.24) is 9.88 Å². The Morgan fingerprint density at radius 2 is 2.14 bits per heavy atom. The van der Waals surface area contributed by atoms with Crippen LogP contribution in [0, 0.1) is 31.1 Å². The molecule has 0 saturated carbocycles. The fourth-order valence-electron chi connectivity index (χ4n) is 3.65. The first-order valence-corrected chi connectivity index (χ1v) is 9.71. The van der Waals surface area contributed by atoms with Gasteiger partial charge in [0.1, 0.15) is 17.4 Å². The molecule has 28 heavy (non-hydrogen) atoms. The molecule has 1 aliphatic heterocycles. The zero-order chi connectivity index (χ0) is 20.3. The zero-order valence-electron chi connectivity index (χ0n) is 17.0. The highest BCUT2D eigenvalue weighted by Gasteiger charge is 2.24. The van der Waals surface area contributed by atoms with Crippen LogP contribution in [0.25, 0.3) is 6.08 Å². The van der Waals surface area contributed by atoms with Gasteiger partial charge in [-0.2, -0.15) is 5.26 Å². The lowest BCUT2D eigenvalue weighted by atomic mass is 10.00. The number of carbonyl (C=O) groups excluding carboxylic acids is 1. The van der Waals surface area contributed by atoms with E-state index in [0.717, 1.165) is 34.8 Å². The van der Waals surface area contributed by atoms with Crippen LogP contribution in [0.1, 0.15) is 48.8 Å². The quantitative estimate of drug-likeness (QED) is 0.624. The third-order valence-corrected chi connectivity index (χ3v) is 5.09. The summed E-state index contributed by atoms with van der Waals surface area (Å²) in [5.74, 6) is 0.964. The molecular weight excluding hydrogens is 350 g/mol. The Labute approximate surface area is 166 Å². The van der Waals surface area contributed by atoms with Gasteiger partial charge in [-0.15, -0.1) is 0 Å². The molecule has 0 aliphatic carbocycles. The lowest BCUT2D eigenvalue weighted by Gasteiger charge is -2.26. The highest BCUT2D eigenvalue weighted by atomic mass is 16.5. The second kappa shape index (κ2) is 8.35. The van der Waals surface area contributed by atoms with Gasteiger partial charge in [-0.05, 0) is 43.5 Å². The van der Waals surface area contributed by atoms with Crippen LogP contribution < -0.4 is 10.1 Å². The van der Waals surface area contributed by atoms with Crippen molar-refractivity contribution in [3.63, 3.8) is 0 Å². The van der Waals surface area contributed by atoms with Gasteiger partial charge in [0.15, 0.2) is 0 Å². The first-order valence-electron chi connectivity index (χ1n) is 9.71. The van der Waals surface area contributed by atoms with Crippen LogP contribution in [0.4, 0.5) is 0 Å². The highest BCUT2D eigenvalue weighted by Crippen LogP contribution is 2.31. The Morgan fingerprint density at radius 1 is 1.39 bits per heavy atom. The number of aromatic nitrogens is 1. The van der Waals surface area contributed by atoms with Crippen LogP contribution in [0.15, 0.2) is 35.9 Å². The summed E-state index contributed by atoms with van der Waals surface area (Å²) < 4.78 is 7.88. The Balaban J connectivity index is 1.83. The summed E-state index contributed by atoms with van der Waals surface area (Å²) in [7, 11) is 0. The molecule has 146 valence electrons. The molecule has 1 aliphatic rings. The smallest absolute Gasteiger partial charge is 0.262 e. The van der Waals surface area contributed by atoms with E-state index in [-0.39, 0.29) is 17.5 Å². The lowest BCUT2D eigenvalue weighted by molar-refractivity contribution is -0.117. The maximum absolute atomic E-state index is 12.8. The molecular formula is C23H27N3O2. The summed E-state index contributed by atoms with van der Waals surface area (Å²) in [6.45, 7) is 9.89. The molecule has 1 atom stereocenters. The number of carbonyl (C=O) groups is 1. The number of nitriles is 1. The number of benzene rings is 1. The van der Waals surface area contributed by atoms with Crippen molar-refractivity contribution in [1.29, 1.82) is 5.26 Å². The summed E-state index contributed by atoms with van der Waals surface area (Å²) in [6, 6.07) is 11.6. The first kappa shape index (κ1) is 19.8. The molecule has 1 N–H and O–H groups in total. The van der Waals surface area contributed by atoms with Crippen molar-refractivity contribution < 1.29 is 9.53 Å². The maximum Gasteiger partial charge on any atom is 0.262 e. The van der Waals surface area contributed by atoms with E-state index in [1.165, 1.54) is 0 Å². The molecule has 5 nitrogen and oxygen atoms in total. The summed E-state index contributed by atoms with van der Waals surface area (Å²) in [5, 5.41) is 12.6. The van der Waals surface area contributed by atoms with Crippen molar-refractivity contribution in [2.75, 3.05) is 6.61 Å². The van der Waals surface area contributed by atoms with Gasteiger partial charge in [0.25, 0.3) is 5.91 Å². The number of ether oxygens (including phenoxy) is 1. The van der Waals surface area contributed by atoms with Gasteiger partial charge in [-0.1, -0.05) is 32.0 Å². The minimum absolute atomic E-state index is 0.119. The fraction of sp³-hybridized carbons (Fsp3) is 0.391. The number of rotatable bonds is 5. The molecule has 0 radical (unpaired) electrons. The summed E-state index contributed by atoms with van der Waals surface area (Å²) in [5.41, 5.74) is 4.19. The van der Waals surface area contributed by atoms with Crippen LogP contribution in [0.5, 0.6) is 5.75 Å². The number of fused-ring (bicyclic) bond motifs is 1. The van der Waals surface area contributed by atoms with Crippen LogP contribution in [-0.2, 0) is 11.3 Å². The highest BCUT2D eigenvalue weighted by molar-refractivity contribution is 6.02. The Hall–Kier alpha value is -3.00. The molecule has 0 fully saturated rings. The summed E-state index contributed by atoms with van der Waals surface area (Å²) in [6.07, 6.45) is 2.38. The molecule has 1 amide bonds. The Bertz CT molecular complexity index is 947. The average molecular weight is 377 g/mol. The third-order valence-electron chi connectivity index (χ3n) is 5.09. The number of para-hydroxylation sites is 1. The second-order valence-corrected chi connectivity index (χ2v) is 7.70. The molecule has 0 spiro atoms. The van der Waals surface area contributed by atoms with E-state index >= 15 is 0 Å². The minimum atomic E-state index is -0.349. The minimum Gasteiger partial charge on any atom is -0.493 e. The number of hydrogen-bond acceptors (Lipinski definition) is 3. The van der Waals surface area contributed by atoms with Crippen molar-refractivity contribution in [3.05, 3.63) is 58.4 Å². The number of aryl methyl sites for hydroxylation is 1. The van der Waals surface area contributed by atoms with E-state index in [1.54, 1.807) is 6.08 Å². The maximum atomic E-state index is 12.8. The van der Waals surface area contributed by atoms with Gasteiger partial charge in [0.2, 0.25) is 0 Å². The lowest BCUT2D eigenvalue weighted by Crippen LogP contribution is -2.32.